The Hall–Kier alpha value is -4.46. The summed E-state index contributed by atoms with van der Waals surface area (Å²) in [5, 5.41) is 8.46. The second kappa shape index (κ2) is 9.79. The van der Waals surface area contributed by atoms with E-state index in [1.54, 1.807) is 10.4 Å². The van der Waals surface area contributed by atoms with Gasteiger partial charge in [-0.2, -0.15) is 0 Å². The highest BCUT2D eigenvalue weighted by Gasteiger charge is 2.37. The normalized spacial score (nSPS) is 17.1. The van der Waals surface area contributed by atoms with Crippen molar-refractivity contribution >= 4 is 52.1 Å². The highest BCUT2D eigenvalue weighted by Crippen LogP contribution is 2.41. The van der Waals surface area contributed by atoms with Gasteiger partial charge in [-0.15, -0.1) is 0 Å². The van der Waals surface area contributed by atoms with E-state index in [9.17, 15) is 0 Å². The molecular formula is C42H36Si. The molecule has 6 aromatic carbocycles. The third-order valence-electron chi connectivity index (χ3n) is 10.3. The van der Waals surface area contributed by atoms with Crippen LogP contribution in [0.4, 0.5) is 0 Å². The Morgan fingerprint density at radius 2 is 0.907 bits per heavy atom. The average molecular weight is 569 g/mol. The second-order valence-corrected chi connectivity index (χ2v) is 17.2. The van der Waals surface area contributed by atoms with Crippen molar-refractivity contribution in [1.82, 2.24) is 0 Å². The summed E-state index contributed by atoms with van der Waals surface area (Å²) in [6, 6.07) is 41.0. The fourth-order valence-electron chi connectivity index (χ4n) is 8.06. The lowest BCUT2D eigenvalue weighted by Crippen LogP contribution is -2.56. The number of fused-ring (bicyclic) bond motifs is 4. The highest BCUT2D eigenvalue weighted by molar-refractivity contribution is 7.01. The average Bonchev–Trinajstić information content (AvgIpc) is 3.66. The molecule has 1 heteroatoms. The van der Waals surface area contributed by atoms with E-state index in [0.29, 0.717) is 0 Å². The minimum absolute atomic E-state index is 0.274. The predicted octanol–water partition coefficient (Wildman–Crippen LogP) is 9.75. The molecule has 0 aliphatic heterocycles. The molecular weight excluding hydrogens is 533 g/mol. The summed E-state index contributed by atoms with van der Waals surface area (Å²) in [7, 11) is -2.14. The first-order chi connectivity index (χ1) is 20.9. The van der Waals surface area contributed by atoms with Gasteiger partial charge in [0, 0.05) is 11.8 Å². The summed E-state index contributed by atoms with van der Waals surface area (Å²) < 4.78 is 0. The smallest absolute Gasteiger partial charge is 0.0720 e. The van der Waals surface area contributed by atoms with Crippen molar-refractivity contribution in [2.24, 2.45) is 0 Å². The van der Waals surface area contributed by atoms with Crippen LogP contribution in [0.2, 0.25) is 13.1 Å². The maximum absolute atomic E-state index is 2.57. The zero-order chi connectivity index (χ0) is 29.3. The number of benzene rings is 6. The van der Waals surface area contributed by atoms with E-state index in [4.69, 9.17) is 0 Å². The Labute approximate surface area is 256 Å². The van der Waals surface area contributed by atoms with E-state index in [0.717, 1.165) is 0 Å². The topological polar surface area (TPSA) is 0 Å². The van der Waals surface area contributed by atoms with E-state index in [1.165, 1.54) is 66.1 Å². The molecule has 8 rings (SSSR count). The molecule has 0 bridgehead atoms. The minimum atomic E-state index is -2.14. The Morgan fingerprint density at radius 1 is 0.465 bits per heavy atom. The second-order valence-electron chi connectivity index (χ2n) is 12.9. The third kappa shape index (κ3) is 3.95. The number of hydrogen-bond donors (Lipinski definition) is 0. The molecule has 0 aromatic heterocycles. The molecule has 43 heavy (non-hydrogen) atoms. The zero-order valence-electron chi connectivity index (χ0n) is 25.4. The minimum Gasteiger partial charge on any atom is -0.0720 e. The molecule has 6 aromatic rings. The van der Waals surface area contributed by atoms with Crippen LogP contribution in [0.1, 0.15) is 56.3 Å². The first-order valence-electron chi connectivity index (χ1n) is 15.5. The molecule has 2 aliphatic carbocycles. The van der Waals surface area contributed by atoms with Crippen molar-refractivity contribution in [1.29, 1.82) is 0 Å². The van der Waals surface area contributed by atoms with Gasteiger partial charge in [0.05, 0.1) is 0 Å². The molecule has 0 radical (unpaired) electrons. The Bertz CT molecular complexity index is 1990. The standard InChI is InChI=1S/C42H36Si/c1-27-33-15-7-5-11-29(33)19-23-35(27)37-25-21-31-13-9-17-39(41(31)37)43(3,4)40-18-10-14-32-22-26-38(42(32)40)36-24-20-30-12-6-8-16-34(30)28(36)2/h5-26,37-38H,1-4H3. The summed E-state index contributed by atoms with van der Waals surface area (Å²) in [6.45, 7) is 9.76. The van der Waals surface area contributed by atoms with Crippen molar-refractivity contribution in [2.45, 2.75) is 38.8 Å². The van der Waals surface area contributed by atoms with Crippen LogP contribution in [0.25, 0.3) is 33.7 Å². The van der Waals surface area contributed by atoms with E-state index in [-0.39, 0.29) is 11.8 Å². The lowest BCUT2D eigenvalue weighted by molar-refractivity contribution is 1.04. The van der Waals surface area contributed by atoms with Crippen LogP contribution >= 0.6 is 0 Å². The van der Waals surface area contributed by atoms with Crippen LogP contribution in [0, 0.1) is 13.8 Å². The van der Waals surface area contributed by atoms with Crippen LogP contribution in [-0.2, 0) is 0 Å². The summed E-state index contributed by atoms with van der Waals surface area (Å²) in [5.74, 6) is 0.548. The molecule has 0 heterocycles. The van der Waals surface area contributed by atoms with Gasteiger partial charge in [-0.3, -0.25) is 0 Å². The van der Waals surface area contributed by atoms with Gasteiger partial charge in [-0.25, -0.2) is 0 Å². The van der Waals surface area contributed by atoms with E-state index >= 15 is 0 Å². The summed E-state index contributed by atoms with van der Waals surface area (Å²) in [5.41, 5.74) is 11.4. The monoisotopic (exact) mass is 568 g/mol. The van der Waals surface area contributed by atoms with E-state index in [2.05, 4.69) is 160 Å². The summed E-state index contributed by atoms with van der Waals surface area (Å²) >= 11 is 0. The van der Waals surface area contributed by atoms with Crippen LogP contribution in [0.15, 0.2) is 121 Å². The fourth-order valence-corrected chi connectivity index (χ4v) is 11.3. The van der Waals surface area contributed by atoms with Gasteiger partial charge in [0.15, 0.2) is 0 Å². The fraction of sp³-hybridized carbons (Fsp3) is 0.143. The molecule has 2 unspecified atom stereocenters. The molecule has 0 nitrogen and oxygen atoms in total. The van der Waals surface area contributed by atoms with Gasteiger partial charge in [-0.05, 0) is 90.3 Å². The maximum Gasteiger partial charge on any atom is 0.113 e. The van der Waals surface area contributed by atoms with Gasteiger partial charge >= 0.3 is 0 Å². The molecule has 0 fully saturated rings. The van der Waals surface area contributed by atoms with Gasteiger partial charge in [0.1, 0.15) is 8.07 Å². The van der Waals surface area contributed by atoms with E-state index < -0.39 is 8.07 Å². The SMILES string of the molecule is Cc1c(C2C=Cc3cccc([Si](C)(C)c4cccc5c4C(c4ccc6ccccc6c4C)C=C5)c32)ccc2ccccc12. The van der Waals surface area contributed by atoms with Crippen molar-refractivity contribution in [3.8, 4) is 0 Å². The highest BCUT2D eigenvalue weighted by atomic mass is 28.3. The van der Waals surface area contributed by atoms with Crippen LogP contribution in [0.5, 0.6) is 0 Å². The van der Waals surface area contributed by atoms with Crippen molar-refractivity contribution < 1.29 is 0 Å². The number of allylic oxidation sites excluding steroid dienone is 2. The largest absolute Gasteiger partial charge is 0.113 e. The number of aryl methyl sites for hydroxylation is 2. The maximum atomic E-state index is 2.57. The van der Waals surface area contributed by atoms with Gasteiger partial charge in [0.2, 0.25) is 0 Å². The van der Waals surface area contributed by atoms with Gasteiger partial charge in [0.25, 0.3) is 0 Å². The van der Waals surface area contributed by atoms with Crippen LogP contribution in [-0.4, -0.2) is 8.07 Å². The molecule has 0 N–H and O–H groups in total. The molecule has 0 spiro atoms. The third-order valence-corrected chi connectivity index (χ3v) is 13.9. The molecule has 2 atom stereocenters. The Kier molecular flexibility index (Phi) is 5.96. The number of rotatable bonds is 4. The molecule has 0 saturated heterocycles. The van der Waals surface area contributed by atoms with Gasteiger partial charge < -0.3 is 0 Å². The molecule has 208 valence electrons. The first kappa shape index (κ1) is 26.2. The quantitative estimate of drug-likeness (QED) is 0.186. The molecule has 2 aliphatic rings. The van der Waals surface area contributed by atoms with Crippen molar-refractivity contribution in [3.05, 3.63) is 166 Å². The lowest BCUT2D eigenvalue weighted by Gasteiger charge is -2.32. The van der Waals surface area contributed by atoms with Gasteiger partial charge in [-0.1, -0.05) is 147 Å². The number of hydrogen-bond acceptors (Lipinski definition) is 0. The van der Waals surface area contributed by atoms with Crippen molar-refractivity contribution in [2.75, 3.05) is 0 Å². The first-order valence-corrected chi connectivity index (χ1v) is 18.5. The molecule has 0 saturated carbocycles. The van der Waals surface area contributed by atoms with Crippen molar-refractivity contribution in [3.63, 3.8) is 0 Å². The van der Waals surface area contributed by atoms with Crippen LogP contribution < -0.4 is 10.4 Å². The van der Waals surface area contributed by atoms with E-state index in [1.807, 2.05) is 0 Å². The predicted molar refractivity (Wildman–Crippen MR) is 189 cm³/mol. The summed E-state index contributed by atoms with van der Waals surface area (Å²) in [4.78, 5) is 0. The molecule has 0 amide bonds. The lowest BCUT2D eigenvalue weighted by atomic mass is 9.87. The van der Waals surface area contributed by atoms with Crippen LogP contribution in [0.3, 0.4) is 0 Å². The Morgan fingerprint density at radius 3 is 1.37 bits per heavy atom. The summed E-state index contributed by atoms with van der Waals surface area (Å²) in [6.07, 6.45) is 9.60. The Balaban J connectivity index is 1.28. The zero-order valence-corrected chi connectivity index (χ0v) is 26.4.